The summed E-state index contributed by atoms with van der Waals surface area (Å²) in [5.41, 5.74) is 0.804. The highest BCUT2D eigenvalue weighted by Crippen LogP contribution is 2.24. The first-order chi connectivity index (χ1) is 11.5. The van der Waals surface area contributed by atoms with Crippen LogP contribution in [0.4, 0.5) is 5.82 Å². The van der Waals surface area contributed by atoms with Gasteiger partial charge in [0.2, 0.25) is 5.91 Å². The fourth-order valence-electron chi connectivity index (χ4n) is 2.15. The summed E-state index contributed by atoms with van der Waals surface area (Å²) in [4.78, 5) is 20.6. The zero-order chi connectivity index (χ0) is 17.5. The zero-order valence-electron chi connectivity index (χ0n) is 14.8. The van der Waals surface area contributed by atoms with E-state index in [1.54, 1.807) is 18.0 Å². The Morgan fingerprint density at radius 2 is 2.12 bits per heavy atom. The van der Waals surface area contributed by atoms with Crippen LogP contribution in [-0.2, 0) is 11.3 Å². The van der Waals surface area contributed by atoms with Crippen molar-refractivity contribution in [2.45, 2.75) is 45.8 Å². The second-order valence-electron chi connectivity index (χ2n) is 5.87. The number of anilines is 1. The van der Waals surface area contributed by atoms with E-state index in [2.05, 4.69) is 46.5 Å². The molecule has 24 heavy (non-hydrogen) atoms. The molecule has 8 heteroatoms. The minimum Gasteiger partial charge on any atom is -0.369 e. The van der Waals surface area contributed by atoms with Crippen molar-refractivity contribution in [1.29, 1.82) is 0 Å². The second-order valence-corrected chi connectivity index (χ2v) is 7.10. The Morgan fingerprint density at radius 3 is 2.79 bits per heavy atom. The van der Waals surface area contributed by atoms with Crippen molar-refractivity contribution >= 4 is 34.5 Å². The van der Waals surface area contributed by atoms with Crippen LogP contribution < -0.4 is 10.6 Å². The molecule has 0 saturated heterocycles. The fourth-order valence-corrected chi connectivity index (χ4v) is 2.72. The summed E-state index contributed by atoms with van der Waals surface area (Å²) >= 11 is 1.61. The Labute approximate surface area is 147 Å². The van der Waals surface area contributed by atoms with Gasteiger partial charge in [0, 0.05) is 19.5 Å². The maximum Gasteiger partial charge on any atom is 0.219 e. The number of thioether (sulfide) groups is 1. The molecule has 2 aromatic rings. The molecule has 2 aromatic heterocycles. The fraction of sp³-hybridized carbons (Fsp3) is 0.625. The number of hydrogen-bond donors (Lipinski definition) is 2. The molecule has 0 bridgehead atoms. The molecule has 0 aliphatic heterocycles. The van der Waals surface area contributed by atoms with E-state index in [4.69, 9.17) is 0 Å². The molecule has 0 spiro atoms. The van der Waals surface area contributed by atoms with E-state index < -0.39 is 0 Å². The van der Waals surface area contributed by atoms with Crippen LogP contribution in [0.1, 0.15) is 34.1 Å². The van der Waals surface area contributed by atoms with Crippen LogP contribution in [-0.4, -0.2) is 44.5 Å². The molecule has 0 saturated carbocycles. The average Bonchev–Trinajstić information content (AvgIpc) is 2.96. The standard InChI is InChI=1S/C16H26N6OS/c1-5-13(23)17-7-8-22-15-12(10-19-22)14(18-9-11(3)4)20-16(21-15)24-6-2/h10-11H,5-9H2,1-4H3,(H,17,23)(H,18,20,21). The lowest BCUT2D eigenvalue weighted by atomic mass is 10.2. The highest BCUT2D eigenvalue weighted by Gasteiger charge is 2.13. The SMILES string of the molecule is CCSc1nc(NCC(C)C)c2cnn(CCNC(=O)CC)c2n1. The lowest BCUT2D eigenvalue weighted by Crippen LogP contribution is -2.26. The summed E-state index contributed by atoms with van der Waals surface area (Å²) in [7, 11) is 0. The van der Waals surface area contributed by atoms with Crippen LogP contribution in [0.5, 0.6) is 0 Å². The van der Waals surface area contributed by atoms with Gasteiger partial charge < -0.3 is 10.6 Å². The lowest BCUT2D eigenvalue weighted by Gasteiger charge is -2.11. The molecule has 0 aliphatic rings. The van der Waals surface area contributed by atoms with Gasteiger partial charge in [-0.2, -0.15) is 5.10 Å². The number of fused-ring (bicyclic) bond motifs is 1. The third kappa shape index (κ3) is 4.83. The van der Waals surface area contributed by atoms with E-state index in [1.165, 1.54) is 0 Å². The van der Waals surface area contributed by atoms with E-state index in [9.17, 15) is 4.79 Å². The van der Waals surface area contributed by atoms with Crippen LogP contribution in [0.2, 0.25) is 0 Å². The summed E-state index contributed by atoms with van der Waals surface area (Å²) in [6.07, 6.45) is 2.28. The Bertz CT molecular complexity index is 685. The number of nitrogens with zero attached hydrogens (tertiary/aromatic N) is 4. The van der Waals surface area contributed by atoms with Gasteiger partial charge >= 0.3 is 0 Å². The van der Waals surface area contributed by atoms with Crippen molar-refractivity contribution in [2.75, 3.05) is 24.2 Å². The van der Waals surface area contributed by atoms with Gasteiger partial charge in [-0.15, -0.1) is 0 Å². The van der Waals surface area contributed by atoms with Crippen molar-refractivity contribution in [1.82, 2.24) is 25.1 Å². The maximum atomic E-state index is 11.4. The molecule has 1 amide bonds. The lowest BCUT2D eigenvalue weighted by molar-refractivity contribution is -0.120. The topological polar surface area (TPSA) is 84.7 Å². The number of nitrogens with one attached hydrogen (secondary N) is 2. The van der Waals surface area contributed by atoms with Crippen LogP contribution in [0, 0.1) is 5.92 Å². The van der Waals surface area contributed by atoms with Crippen LogP contribution >= 0.6 is 11.8 Å². The zero-order valence-corrected chi connectivity index (χ0v) is 15.6. The molecule has 0 radical (unpaired) electrons. The van der Waals surface area contributed by atoms with E-state index in [0.717, 1.165) is 34.3 Å². The Kier molecular flexibility index (Phi) is 6.84. The summed E-state index contributed by atoms with van der Waals surface area (Å²) in [5.74, 6) is 2.31. The minimum atomic E-state index is 0.0441. The molecule has 2 rings (SSSR count). The van der Waals surface area contributed by atoms with Crippen LogP contribution in [0.15, 0.2) is 11.4 Å². The van der Waals surface area contributed by atoms with Gasteiger partial charge in [-0.05, 0) is 11.7 Å². The van der Waals surface area contributed by atoms with Crippen LogP contribution in [0.3, 0.4) is 0 Å². The molecule has 0 fully saturated rings. The molecule has 2 heterocycles. The van der Waals surface area contributed by atoms with Gasteiger partial charge in [-0.1, -0.05) is 39.5 Å². The number of carbonyl (C=O) groups excluding carboxylic acids is 1. The monoisotopic (exact) mass is 350 g/mol. The molecule has 132 valence electrons. The molecule has 2 N–H and O–H groups in total. The maximum absolute atomic E-state index is 11.4. The predicted molar refractivity (Wildman–Crippen MR) is 98.3 cm³/mol. The van der Waals surface area contributed by atoms with E-state index in [-0.39, 0.29) is 5.91 Å². The second kappa shape index (κ2) is 8.86. The van der Waals surface area contributed by atoms with Gasteiger partial charge in [-0.25, -0.2) is 14.6 Å². The molecule has 0 atom stereocenters. The smallest absolute Gasteiger partial charge is 0.219 e. The number of hydrogen-bond acceptors (Lipinski definition) is 6. The number of rotatable bonds is 9. The van der Waals surface area contributed by atoms with E-state index in [1.807, 2.05) is 11.6 Å². The van der Waals surface area contributed by atoms with Crippen molar-refractivity contribution < 1.29 is 4.79 Å². The first kappa shape index (κ1) is 18.5. The highest BCUT2D eigenvalue weighted by atomic mass is 32.2. The number of carbonyl (C=O) groups is 1. The molecule has 0 aliphatic carbocycles. The predicted octanol–water partition coefficient (Wildman–Crippen LogP) is 2.53. The first-order valence-electron chi connectivity index (χ1n) is 8.42. The van der Waals surface area contributed by atoms with Gasteiger partial charge in [-0.3, -0.25) is 4.79 Å². The minimum absolute atomic E-state index is 0.0441. The highest BCUT2D eigenvalue weighted by molar-refractivity contribution is 7.99. The summed E-state index contributed by atoms with van der Waals surface area (Å²) in [6, 6.07) is 0. The largest absolute Gasteiger partial charge is 0.369 e. The quantitative estimate of drug-likeness (QED) is 0.534. The third-order valence-corrected chi connectivity index (χ3v) is 4.12. The van der Waals surface area contributed by atoms with Gasteiger partial charge in [0.15, 0.2) is 10.8 Å². The van der Waals surface area contributed by atoms with Crippen LogP contribution in [0.25, 0.3) is 11.0 Å². The number of aromatic nitrogens is 4. The van der Waals surface area contributed by atoms with Crippen molar-refractivity contribution in [3.05, 3.63) is 6.20 Å². The average molecular weight is 350 g/mol. The van der Waals surface area contributed by atoms with Gasteiger partial charge in [0.1, 0.15) is 5.82 Å². The molecule has 0 unspecified atom stereocenters. The molecule has 0 aromatic carbocycles. The summed E-state index contributed by atoms with van der Waals surface area (Å²) in [5, 5.41) is 12.3. The van der Waals surface area contributed by atoms with Crippen molar-refractivity contribution in [3.8, 4) is 0 Å². The Morgan fingerprint density at radius 1 is 1.33 bits per heavy atom. The Hall–Kier alpha value is -1.83. The number of amides is 1. The Balaban J connectivity index is 2.24. The van der Waals surface area contributed by atoms with E-state index in [0.29, 0.717) is 25.4 Å². The molecular formula is C16H26N6OS. The van der Waals surface area contributed by atoms with Gasteiger partial charge in [0.05, 0.1) is 18.1 Å². The summed E-state index contributed by atoms with van der Waals surface area (Å²) < 4.78 is 1.83. The molecular weight excluding hydrogens is 324 g/mol. The van der Waals surface area contributed by atoms with Gasteiger partial charge in [0.25, 0.3) is 0 Å². The van der Waals surface area contributed by atoms with E-state index >= 15 is 0 Å². The molecule has 7 nitrogen and oxygen atoms in total. The van der Waals surface area contributed by atoms with Crippen molar-refractivity contribution in [2.24, 2.45) is 5.92 Å². The summed E-state index contributed by atoms with van der Waals surface area (Å²) in [6.45, 7) is 10.2. The third-order valence-electron chi connectivity index (χ3n) is 3.39. The first-order valence-corrected chi connectivity index (χ1v) is 9.40. The van der Waals surface area contributed by atoms with Crippen molar-refractivity contribution in [3.63, 3.8) is 0 Å². The normalized spacial score (nSPS) is 11.2.